The van der Waals surface area contributed by atoms with Crippen LogP contribution in [0.2, 0.25) is 0 Å². The summed E-state index contributed by atoms with van der Waals surface area (Å²) in [6, 6.07) is 8.97. The molecule has 0 unspecified atom stereocenters. The average Bonchev–Trinajstić information content (AvgIpc) is 3.17. The standard InChI is InChI=1S/C21H26N4O4/c1-15(2)29-18-6-4-3-5-16(18)23-19(26)17-7-10-22-20(24-17)25-11-8-21(9-12-25)27-13-14-28-21/h3-7,10,15H,8-9,11-14H2,1-2H3,(H,23,26). The Labute approximate surface area is 170 Å². The van der Waals surface area contributed by atoms with Crippen LogP contribution in [0.4, 0.5) is 11.6 Å². The van der Waals surface area contributed by atoms with Crippen LogP contribution in [-0.4, -0.2) is 54.1 Å². The van der Waals surface area contributed by atoms with Crippen molar-refractivity contribution in [1.82, 2.24) is 9.97 Å². The molecule has 2 aromatic rings. The second-order valence-corrected chi connectivity index (χ2v) is 7.45. The van der Waals surface area contributed by atoms with Gasteiger partial charge in [0.15, 0.2) is 5.79 Å². The molecule has 0 radical (unpaired) electrons. The molecule has 1 aromatic carbocycles. The number of carbonyl (C=O) groups is 1. The van der Waals surface area contributed by atoms with Crippen LogP contribution in [0.15, 0.2) is 36.5 Å². The van der Waals surface area contributed by atoms with Crippen molar-refractivity contribution in [3.05, 3.63) is 42.2 Å². The summed E-state index contributed by atoms with van der Waals surface area (Å²) < 4.78 is 17.3. The lowest BCUT2D eigenvalue weighted by molar-refractivity contribution is -0.169. The van der Waals surface area contributed by atoms with Gasteiger partial charge in [-0.05, 0) is 32.0 Å². The van der Waals surface area contributed by atoms with Gasteiger partial charge in [-0.2, -0.15) is 0 Å². The molecule has 8 heteroatoms. The fraction of sp³-hybridized carbons (Fsp3) is 0.476. The number of carbonyl (C=O) groups excluding carboxylic acids is 1. The number of benzene rings is 1. The summed E-state index contributed by atoms with van der Waals surface area (Å²) in [5.74, 6) is 0.413. The van der Waals surface area contributed by atoms with E-state index in [0.29, 0.717) is 36.3 Å². The molecule has 1 amide bonds. The highest BCUT2D eigenvalue weighted by atomic mass is 16.7. The number of aromatic nitrogens is 2. The van der Waals surface area contributed by atoms with Crippen molar-refractivity contribution in [2.24, 2.45) is 0 Å². The summed E-state index contributed by atoms with van der Waals surface area (Å²) in [6.07, 6.45) is 3.13. The van der Waals surface area contributed by atoms with Gasteiger partial charge in [0, 0.05) is 32.1 Å². The third kappa shape index (κ3) is 4.49. The highest BCUT2D eigenvalue weighted by molar-refractivity contribution is 6.03. The van der Waals surface area contributed by atoms with E-state index in [4.69, 9.17) is 14.2 Å². The maximum absolute atomic E-state index is 12.8. The van der Waals surface area contributed by atoms with Gasteiger partial charge in [-0.15, -0.1) is 0 Å². The second kappa shape index (κ2) is 8.34. The highest BCUT2D eigenvalue weighted by Crippen LogP contribution is 2.32. The number of para-hydroxylation sites is 2. The van der Waals surface area contributed by atoms with E-state index in [2.05, 4.69) is 20.2 Å². The zero-order valence-corrected chi connectivity index (χ0v) is 16.8. The summed E-state index contributed by atoms with van der Waals surface area (Å²) >= 11 is 0. The van der Waals surface area contributed by atoms with Crippen molar-refractivity contribution >= 4 is 17.5 Å². The minimum atomic E-state index is -0.453. The van der Waals surface area contributed by atoms with Gasteiger partial charge >= 0.3 is 0 Å². The van der Waals surface area contributed by atoms with Crippen LogP contribution in [0.1, 0.15) is 37.2 Å². The molecule has 0 aliphatic carbocycles. The lowest BCUT2D eigenvalue weighted by Gasteiger charge is -2.37. The van der Waals surface area contributed by atoms with E-state index in [1.54, 1.807) is 12.3 Å². The lowest BCUT2D eigenvalue weighted by Crippen LogP contribution is -2.45. The fourth-order valence-corrected chi connectivity index (χ4v) is 3.57. The van der Waals surface area contributed by atoms with Crippen LogP contribution in [0.5, 0.6) is 5.75 Å². The van der Waals surface area contributed by atoms with E-state index < -0.39 is 5.79 Å². The molecule has 1 spiro atoms. The Morgan fingerprint density at radius 1 is 1.17 bits per heavy atom. The first kappa shape index (κ1) is 19.6. The third-order valence-electron chi connectivity index (χ3n) is 5.00. The zero-order chi connectivity index (χ0) is 20.3. The molecule has 0 atom stereocenters. The summed E-state index contributed by atoms with van der Waals surface area (Å²) in [5, 5.41) is 2.89. The second-order valence-electron chi connectivity index (χ2n) is 7.45. The van der Waals surface area contributed by atoms with Crippen molar-refractivity contribution in [1.29, 1.82) is 0 Å². The Kier molecular flexibility index (Phi) is 5.64. The molecule has 4 rings (SSSR count). The molecular weight excluding hydrogens is 372 g/mol. The molecule has 29 heavy (non-hydrogen) atoms. The third-order valence-corrected chi connectivity index (χ3v) is 5.00. The number of nitrogens with one attached hydrogen (secondary N) is 1. The van der Waals surface area contributed by atoms with Gasteiger partial charge in [0.05, 0.1) is 25.0 Å². The summed E-state index contributed by atoms with van der Waals surface area (Å²) in [6.45, 7) is 6.62. The van der Waals surface area contributed by atoms with Crippen molar-refractivity contribution < 1.29 is 19.0 Å². The molecule has 0 saturated carbocycles. The number of piperidine rings is 1. The van der Waals surface area contributed by atoms with E-state index in [-0.39, 0.29) is 12.0 Å². The number of anilines is 2. The van der Waals surface area contributed by atoms with Gasteiger partial charge in [0.1, 0.15) is 11.4 Å². The summed E-state index contributed by atoms with van der Waals surface area (Å²) in [4.78, 5) is 23.7. The molecule has 2 saturated heterocycles. The van der Waals surface area contributed by atoms with Gasteiger partial charge in [-0.3, -0.25) is 4.79 Å². The van der Waals surface area contributed by atoms with E-state index in [9.17, 15) is 4.79 Å². The first-order valence-electron chi connectivity index (χ1n) is 9.98. The molecule has 8 nitrogen and oxygen atoms in total. The van der Waals surface area contributed by atoms with Crippen LogP contribution in [-0.2, 0) is 9.47 Å². The predicted octanol–water partition coefficient (Wildman–Crippen LogP) is 2.86. The topological polar surface area (TPSA) is 85.8 Å². The van der Waals surface area contributed by atoms with E-state index in [0.717, 1.165) is 25.9 Å². The predicted molar refractivity (Wildman–Crippen MR) is 108 cm³/mol. The number of rotatable bonds is 5. The van der Waals surface area contributed by atoms with Crippen LogP contribution >= 0.6 is 0 Å². The van der Waals surface area contributed by atoms with Crippen LogP contribution < -0.4 is 15.0 Å². The molecule has 0 bridgehead atoms. The quantitative estimate of drug-likeness (QED) is 0.829. The minimum absolute atomic E-state index is 0.00827. The normalized spacial score (nSPS) is 18.2. The lowest BCUT2D eigenvalue weighted by atomic mass is 10.0. The van der Waals surface area contributed by atoms with Crippen molar-refractivity contribution in [3.8, 4) is 5.75 Å². The molecule has 2 aliphatic heterocycles. The van der Waals surface area contributed by atoms with E-state index in [1.165, 1.54) is 0 Å². The molecule has 3 heterocycles. The van der Waals surface area contributed by atoms with Gasteiger partial charge < -0.3 is 24.4 Å². The fourth-order valence-electron chi connectivity index (χ4n) is 3.57. The maximum Gasteiger partial charge on any atom is 0.274 e. The Morgan fingerprint density at radius 2 is 1.90 bits per heavy atom. The van der Waals surface area contributed by atoms with Crippen LogP contribution in [0, 0.1) is 0 Å². The van der Waals surface area contributed by atoms with E-state index in [1.807, 2.05) is 38.1 Å². The largest absolute Gasteiger partial charge is 0.489 e. The number of nitrogens with zero attached hydrogens (tertiary/aromatic N) is 3. The molecule has 2 aliphatic rings. The molecular formula is C21H26N4O4. The highest BCUT2D eigenvalue weighted by Gasteiger charge is 2.40. The SMILES string of the molecule is CC(C)Oc1ccccc1NC(=O)c1ccnc(N2CCC3(CC2)OCCO3)n1. The van der Waals surface area contributed by atoms with Gasteiger partial charge in [-0.1, -0.05) is 12.1 Å². The molecule has 2 fully saturated rings. The van der Waals surface area contributed by atoms with Crippen LogP contribution in [0.25, 0.3) is 0 Å². The van der Waals surface area contributed by atoms with Gasteiger partial charge in [-0.25, -0.2) is 9.97 Å². The average molecular weight is 398 g/mol. The Balaban J connectivity index is 1.44. The first-order valence-corrected chi connectivity index (χ1v) is 9.98. The number of hydrogen-bond acceptors (Lipinski definition) is 7. The molecule has 154 valence electrons. The van der Waals surface area contributed by atoms with Crippen molar-refractivity contribution in [2.75, 3.05) is 36.5 Å². The molecule has 1 N–H and O–H groups in total. The zero-order valence-electron chi connectivity index (χ0n) is 16.8. The van der Waals surface area contributed by atoms with Crippen LogP contribution in [0.3, 0.4) is 0 Å². The smallest absolute Gasteiger partial charge is 0.274 e. The van der Waals surface area contributed by atoms with Gasteiger partial charge in [0.25, 0.3) is 5.91 Å². The summed E-state index contributed by atoms with van der Waals surface area (Å²) in [5.41, 5.74) is 0.921. The van der Waals surface area contributed by atoms with Gasteiger partial charge in [0.2, 0.25) is 5.95 Å². The monoisotopic (exact) mass is 398 g/mol. The van der Waals surface area contributed by atoms with Crippen molar-refractivity contribution in [2.45, 2.75) is 38.6 Å². The number of ether oxygens (including phenoxy) is 3. The maximum atomic E-state index is 12.8. The number of hydrogen-bond donors (Lipinski definition) is 1. The molecule has 1 aromatic heterocycles. The van der Waals surface area contributed by atoms with E-state index >= 15 is 0 Å². The minimum Gasteiger partial charge on any atom is -0.489 e. The Hall–Kier alpha value is -2.71. The number of amides is 1. The summed E-state index contributed by atoms with van der Waals surface area (Å²) in [7, 11) is 0. The Morgan fingerprint density at radius 3 is 2.62 bits per heavy atom. The van der Waals surface area contributed by atoms with Crippen molar-refractivity contribution in [3.63, 3.8) is 0 Å². The first-order chi connectivity index (χ1) is 14.0. The Bertz CT molecular complexity index is 857.